The molecule has 2 aliphatic rings. The Labute approximate surface area is 173 Å². The number of carboxylic acids is 1. The molecule has 1 heterocycles. The molecule has 1 aliphatic carbocycles. The zero-order valence-electron chi connectivity index (χ0n) is 16.3. The number of aliphatic carboxylic acids is 1. The zero-order valence-corrected chi connectivity index (χ0v) is 16.3. The van der Waals surface area contributed by atoms with Crippen LogP contribution in [-0.4, -0.2) is 48.3 Å². The Bertz CT molecular complexity index is 972. The molecule has 4 rings (SSSR count). The number of likely N-dealkylation sites (tertiary alicyclic amines) is 1. The number of hydrogen-bond acceptors (Lipinski definition) is 4. The molecule has 1 aliphatic heterocycles. The number of azide groups is 1. The molecular formula is C22H22N4O4. The molecule has 0 bridgehead atoms. The van der Waals surface area contributed by atoms with Crippen LogP contribution in [0.25, 0.3) is 21.6 Å². The third-order valence-electron chi connectivity index (χ3n) is 6.05. The number of carbonyl (C=O) groups excluding carboxylic acids is 1. The van der Waals surface area contributed by atoms with Gasteiger partial charge in [-0.25, -0.2) is 4.79 Å². The number of carboxylic acid groups (broad SMARTS) is 1. The lowest BCUT2D eigenvalue weighted by Gasteiger charge is -2.21. The molecule has 0 spiro atoms. The lowest BCUT2D eigenvalue weighted by Crippen LogP contribution is -2.33. The summed E-state index contributed by atoms with van der Waals surface area (Å²) >= 11 is 0. The van der Waals surface area contributed by atoms with Gasteiger partial charge in [-0.2, -0.15) is 0 Å². The van der Waals surface area contributed by atoms with Crippen LogP contribution in [-0.2, 0) is 9.53 Å². The summed E-state index contributed by atoms with van der Waals surface area (Å²) in [6.07, 6.45) is 0.106. The van der Waals surface area contributed by atoms with Gasteiger partial charge in [0.2, 0.25) is 0 Å². The zero-order chi connectivity index (χ0) is 21.1. The first-order chi connectivity index (χ1) is 14.6. The van der Waals surface area contributed by atoms with Crippen molar-refractivity contribution in [1.29, 1.82) is 0 Å². The van der Waals surface area contributed by atoms with Gasteiger partial charge in [0.25, 0.3) is 0 Å². The standard InChI is InChI=1S/C22H22N4O4/c23-25-24-11-19(21(27)28)14-9-10-26(12-14)22(29)30-13-20-17-7-3-1-5-15(17)16-6-2-4-8-18(16)20/h1-8,14,19-20H,9-13H2,(H,27,28)/t14-,19-/m0/s1. The fraction of sp³-hybridized carbons (Fsp3) is 0.364. The van der Waals surface area contributed by atoms with Gasteiger partial charge in [-0.1, -0.05) is 53.6 Å². The smallest absolute Gasteiger partial charge is 0.409 e. The molecule has 154 valence electrons. The average molecular weight is 406 g/mol. The van der Waals surface area contributed by atoms with Gasteiger partial charge in [0.1, 0.15) is 6.61 Å². The first-order valence-corrected chi connectivity index (χ1v) is 9.93. The quantitative estimate of drug-likeness (QED) is 0.438. The molecule has 1 fully saturated rings. The van der Waals surface area contributed by atoms with E-state index in [0.717, 1.165) is 22.3 Å². The van der Waals surface area contributed by atoms with Crippen LogP contribution in [0.15, 0.2) is 53.6 Å². The van der Waals surface area contributed by atoms with Crippen molar-refractivity contribution in [1.82, 2.24) is 4.90 Å². The maximum absolute atomic E-state index is 12.7. The minimum atomic E-state index is -1.01. The minimum absolute atomic E-state index is 0.0171. The molecule has 8 heteroatoms. The Hall–Kier alpha value is -3.51. The van der Waals surface area contributed by atoms with Gasteiger partial charge in [-0.15, -0.1) is 0 Å². The van der Waals surface area contributed by atoms with E-state index in [1.807, 2.05) is 24.3 Å². The molecule has 1 N–H and O–H groups in total. The predicted octanol–water partition coefficient (Wildman–Crippen LogP) is 4.27. The van der Waals surface area contributed by atoms with Gasteiger partial charge in [0.05, 0.1) is 5.92 Å². The summed E-state index contributed by atoms with van der Waals surface area (Å²) in [5, 5.41) is 12.8. The number of amides is 1. The fourth-order valence-corrected chi connectivity index (χ4v) is 4.52. The van der Waals surface area contributed by atoms with Crippen molar-refractivity contribution in [2.75, 3.05) is 26.2 Å². The summed E-state index contributed by atoms with van der Waals surface area (Å²) in [6.45, 7) is 0.833. The molecule has 0 saturated carbocycles. The number of fused-ring (bicyclic) bond motifs is 3. The predicted molar refractivity (Wildman–Crippen MR) is 110 cm³/mol. The van der Waals surface area contributed by atoms with E-state index in [0.29, 0.717) is 13.0 Å². The number of hydrogen-bond donors (Lipinski definition) is 1. The van der Waals surface area contributed by atoms with Crippen molar-refractivity contribution in [3.63, 3.8) is 0 Å². The third kappa shape index (κ3) is 3.69. The first kappa shape index (κ1) is 19.8. The van der Waals surface area contributed by atoms with E-state index in [1.165, 1.54) is 0 Å². The number of rotatable bonds is 6. The Morgan fingerprint density at radius 1 is 1.17 bits per heavy atom. The molecular weight excluding hydrogens is 384 g/mol. The second-order valence-corrected chi connectivity index (χ2v) is 7.66. The van der Waals surface area contributed by atoms with Crippen LogP contribution in [0.2, 0.25) is 0 Å². The van der Waals surface area contributed by atoms with Gasteiger partial charge in [0, 0.05) is 30.5 Å². The van der Waals surface area contributed by atoms with Crippen LogP contribution in [0.5, 0.6) is 0 Å². The first-order valence-electron chi connectivity index (χ1n) is 9.93. The molecule has 0 unspecified atom stereocenters. The third-order valence-corrected chi connectivity index (χ3v) is 6.05. The lowest BCUT2D eigenvalue weighted by atomic mass is 9.92. The topological polar surface area (TPSA) is 116 Å². The molecule has 2 atom stereocenters. The van der Waals surface area contributed by atoms with Gasteiger partial charge in [0.15, 0.2) is 0 Å². The monoisotopic (exact) mass is 406 g/mol. The molecule has 2 aromatic carbocycles. The van der Waals surface area contributed by atoms with Crippen molar-refractivity contribution < 1.29 is 19.4 Å². The SMILES string of the molecule is [N-]=[N+]=NC[C@H](C(=O)O)[C@H]1CCN(C(=O)OCC2c3ccccc3-c3ccccc32)C1. The summed E-state index contributed by atoms with van der Waals surface area (Å²) < 4.78 is 5.65. The highest BCUT2D eigenvalue weighted by Crippen LogP contribution is 2.44. The summed E-state index contributed by atoms with van der Waals surface area (Å²) in [7, 11) is 0. The summed E-state index contributed by atoms with van der Waals surface area (Å²) in [4.78, 5) is 28.3. The maximum atomic E-state index is 12.7. The van der Waals surface area contributed by atoms with Gasteiger partial charge in [-0.05, 0) is 40.1 Å². The fourth-order valence-electron chi connectivity index (χ4n) is 4.52. The molecule has 0 aromatic heterocycles. The van der Waals surface area contributed by atoms with Crippen molar-refractivity contribution in [3.05, 3.63) is 70.1 Å². The Kier molecular flexibility index (Phi) is 5.59. The number of ether oxygens (including phenoxy) is 1. The van der Waals surface area contributed by atoms with E-state index in [1.54, 1.807) is 4.90 Å². The summed E-state index contributed by atoms with van der Waals surface area (Å²) in [6, 6.07) is 16.3. The number of carbonyl (C=O) groups is 2. The minimum Gasteiger partial charge on any atom is -0.481 e. The number of nitrogens with zero attached hydrogens (tertiary/aromatic N) is 4. The van der Waals surface area contributed by atoms with E-state index < -0.39 is 18.0 Å². The van der Waals surface area contributed by atoms with Crippen LogP contribution >= 0.6 is 0 Å². The second kappa shape index (κ2) is 8.47. The van der Waals surface area contributed by atoms with E-state index >= 15 is 0 Å². The lowest BCUT2D eigenvalue weighted by molar-refractivity contribution is -0.143. The number of benzene rings is 2. The molecule has 8 nitrogen and oxygen atoms in total. The Morgan fingerprint density at radius 2 is 1.80 bits per heavy atom. The van der Waals surface area contributed by atoms with E-state index in [2.05, 4.69) is 34.3 Å². The van der Waals surface area contributed by atoms with E-state index in [-0.39, 0.29) is 31.5 Å². The molecule has 1 amide bonds. The highest BCUT2D eigenvalue weighted by molar-refractivity contribution is 5.79. The van der Waals surface area contributed by atoms with Gasteiger partial charge in [-0.3, -0.25) is 4.79 Å². The van der Waals surface area contributed by atoms with Crippen LogP contribution in [0.1, 0.15) is 23.5 Å². The Balaban J connectivity index is 1.41. The maximum Gasteiger partial charge on any atom is 0.409 e. The van der Waals surface area contributed by atoms with E-state index in [9.17, 15) is 14.7 Å². The summed E-state index contributed by atoms with van der Waals surface area (Å²) in [5.41, 5.74) is 13.1. The van der Waals surface area contributed by atoms with Crippen LogP contribution in [0.3, 0.4) is 0 Å². The largest absolute Gasteiger partial charge is 0.481 e. The van der Waals surface area contributed by atoms with Crippen molar-refractivity contribution in [2.24, 2.45) is 17.0 Å². The summed E-state index contributed by atoms with van der Waals surface area (Å²) in [5.74, 6) is -2.08. The Morgan fingerprint density at radius 3 is 2.40 bits per heavy atom. The second-order valence-electron chi connectivity index (χ2n) is 7.66. The highest BCUT2D eigenvalue weighted by Gasteiger charge is 2.36. The molecule has 0 radical (unpaired) electrons. The highest BCUT2D eigenvalue weighted by atomic mass is 16.6. The average Bonchev–Trinajstić information content (AvgIpc) is 3.36. The van der Waals surface area contributed by atoms with Gasteiger partial charge < -0.3 is 14.7 Å². The van der Waals surface area contributed by atoms with Gasteiger partial charge >= 0.3 is 12.1 Å². The van der Waals surface area contributed by atoms with Crippen LogP contribution in [0, 0.1) is 11.8 Å². The molecule has 2 aromatic rings. The van der Waals surface area contributed by atoms with E-state index in [4.69, 9.17) is 10.3 Å². The molecule has 1 saturated heterocycles. The van der Waals surface area contributed by atoms with Crippen molar-refractivity contribution in [3.8, 4) is 11.1 Å². The van der Waals surface area contributed by atoms with Crippen molar-refractivity contribution in [2.45, 2.75) is 12.3 Å². The van der Waals surface area contributed by atoms with Crippen molar-refractivity contribution >= 4 is 12.1 Å². The molecule has 30 heavy (non-hydrogen) atoms. The normalized spacial score (nSPS) is 18.3. The van der Waals surface area contributed by atoms with Crippen LogP contribution in [0.4, 0.5) is 4.79 Å². The van der Waals surface area contributed by atoms with Crippen LogP contribution < -0.4 is 0 Å².